The van der Waals surface area contributed by atoms with E-state index in [0.29, 0.717) is 0 Å². The molecule has 1 aromatic carbocycles. The van der Waals surface area contributed by atoms with Crippen LogP contribution in [0.4, 0.5) is 0 Å². The Morgan fingerprint density at radius 3 is 2.31 bits per heavy atom. The van der Waals surface area contributed by atoms with E-state index in [1.807, 2.05) is 13.8 Å². The van der Waals surface area contributed by atoms with Gasteiger partial charge in [0, 0.05) is 30.8 Å². The van der Waals surface area contributed by atoms with Crippen molar-refractivity contribution in [3.05, 3.63) is 63.3 Å². The Morgan fingerprint density at radius 2 is 1.74 bits per heavy atom. The Labute approximate surface area is 243 Å². The van der Waals surface area contributed by atoms with Gasteiger partial charge in [-0.3, -0.25) is 19.6 Å². The van der Waals surface area contributed by atoms with Gasteiger partial charge in [-0.05, 0) is 69.3 Å². The van der Waals surface area contributed by atoms with E-state index in [0.717, 1.165) is 60.7 Å². The first-order valence-electron chi connectivity index (χ1n) is 13.5. The van der Waals surface area contributed by atoms with Crippen LogP contribution >= 0.6 is 0 Å². The number of ether oxygens (including phenoxy) is 1. The summed E-state index contributed by atoms with van der Waals surface area (Å²) in [4.78, 5) is 32.8. The number of nitrogens with one attached hydrogen (secondary N) is 1. The van der Waals surface area contributed by atoms with Gasteiger partial charge in [-0.25, -0.2) is 4.79 Å². The van der Waals surface area contributed by atoms with Gasteiger partial charge in [0.1, 0.15) is 11.5 Å². The fourth-order valence-electron chi connectivity index (χ4n) is 5.03. The molecule has 0 saturated heterocycles. The summed E-state index contributed by atoms with van der Waals surface area (Å²) in [6.45, 7) is 5.67. The molecule has 2 heterocycles. The van der Waals surface area contributed by atoms with Crippen LogP contribution in [0.5, 0.6) is 5.75 Å². The van der Waals surface area contributed by atoms with E-state index in [1.165, 1.54) is 35.4 Å². The second-order valence-electron chi connectivity index (χ2n) is 10.6. The normalized spacial score (nSPS) is 12.8. The molecule has 4 rings (SSSR count). The van der Waals surface area contributed by atoms with E-state index >= 15 is 0 Å². The molecule has 0 bridgehead atoms. The van der Waals surface area contributed by atoms with Gasteiger partial charge in [0.25, 0.3) is 0 Å². The van der Waals surface area contributed by atoms with Crippen LogP contribution in [0.15, 0.2) is 22.7 Å². The zero-order valence-electron chi connectivity index (χ0n) is 24.3. The lowest BCUT2D eigenvalue weighted by atomic mass is 9.96. The van der Waals surface area contributed by atoms with Gasteiger partial charge in [-0.1, -0.05) is 17.3 Å². The van der Waals surface area contributed by atoms with Crippen LogP contribution in [-0.4, -0.2) is 78.3 Å². The number of carbonyl (C=O) groups is 3. The van der Waals surface area contributed by atoms with Gasteiger partial charge < -0.3 is 29.7 Å². The van der Waals surface area contributed by atoms with Crippen molar-refractivity contribution in [2.75, 3.05) is 14.2 Å². The Morgan fingerprint density at radius 1 is 1.07 bits per heavy atom. The highest BCUT2D eigenvalue weighted by molar-refractivity contribution is 5.88. The molecule has 0 spiro atoms. The SMILES string of the molecule is COc1ccc(CN(C)Cc2n[nH]c3c2CCCC3)cc1Cc1c(C)noc1C.O=C(O)CC(O)(CC(=O)O)C(=O)O. The van der Waals surface area contributed by atoms with Crippen LogP contribution in [0.3, 0.4) is 0 Å². The number of H-pyrrole nitrogens is 1. The largest absolute Gasteiger partial charge is 0.496 e. The topological polar surface area (TPSA) is 199 Å². The molecule has 13 nitrogen and oxygen atoms in total. The first kappa shape index (κ1) is 32.3. The molecule has 5 N–H and O–H groups in total. The summed E-state index contributed by atoms with van der Waals surface area (Å²) in [5.74, 6) is -3.25. The number of carboxylic acids is 3. The monoisotopic (exact) mass is 586 g/mol. The first-order valence-corrected chi connectivity index (χ1v) is 13.5. The van der Waals surface area contributed by atoms with Crippen molar-refractivity contribution in [2.45, 2.75) is 77.5 Å². The van der Waals surface area contributed by atoms with E-state index in [-0.39, 0.29) is 0 Å². The molecule has 3 aromatic rings. The molecular weight excluding hydrogens is 548 g/mol. The Balaban J connectivity index is 0.000000316. The number of hydrogen-bond acceptors (Lipinski definition) is 9. The van der Waals surface area contributed by atoms with Crippen molar-refractivity contribution in [3.63, 3.8) is 0 Å². The second-order valence-corrected chi connectivity index (χ2v) is 10.6. The smallest absolute Gasteiger partial charge is 0.336 e. The van der Waals surface area contributed by atoms with E-state index in [2.05, 4.69) is 45.5 Å². The van der Waals surface area contributed by atoms with Crippen LogP contribution in [0, 0.1) is 13.8 Å². The van der Waals surface area contributed by atoms with E-state index in [9.17, 15) is 14.4 Å². The molecule has 0 unspecified atom stereocenters. The van der Waals surface area contributed by atoms with Crippen LogP contribution in [0.25, 0.3) is 0 Å². The molecule has 0 amide bonds. The van der Waals surface area contributed by atoms with Gasteiger partial charge in [-0.15, -0.1) is 0 Å². The zero-order valence-corrected chi connectivity index (χ0v) is 24.3. The standard InChI is InChI=1S/C23H30N4O2.C6H8O7/c1-15-20(16(2)29-26-15)12-18-11-17(9-10-23(18)28-4)13-27(3)14-22-19-7-5-6-8-21(19)24-25-22;7-3(8)1-6(13,5(11)12)2-4(9)10/h9-11H,5-8,12-14H2,1-4H3,(H,24,25);13H,1-2H2,(H,7,8)(H,9,10)(H,11,12). The van der Waals surface area contributed by atoms with Crippen molar-refractivity contribution < 1.29 is 44.1 Å². The van der Waals surface area contributed by atoms with E-state index in [1.54, 1.807) is 7.11 Å². The third-order valence-corrected chi connectivity index (χ3v) is 7.19. The highest BCUT2D eigenvalue weighted by atomic mass is 16.5. The first-order chi connectivity index (χ1) is 19.8. The number of rotatable bonds is 12. The fourth-order valence-corrected chi connectivity index (χ4v) is 5.03. The summed E-state index contributed by atoms with van der Waals surface area (Å²) in [6.07, 6.45) is 3.30. The van der Waals surface area contributed by atoms with Gasteiger partial charge in [-0.2, -0.15) is 5.10 Å². The lowest BCUT2D eigenvalue weighted by molar-refractivity contribution is -0.170. The third-order valence-electron chi connectivity index (χ3n) is 7.19. The van der Waals surface area contributed by atoms with Gasteiger partial charge in [0.2, 0.25) is 0 Å². The number of aromatic amines is 1. The summed E-state index contributed by atoms with van der Waals surface area (Å²) in [6, 6.07) is 6.44. The fraction of sp³-hybridized carbons (Fsp3) is 0.483. The summed E-state index contributed by atoms with van der Waals surface area (Å²) in [7, 11) is 3.88. The molecule has 1 aliphatic rings. The molecule has 0 aliphatic heterocycles. The number of methoxy groups -OCH3 is 1. The maximum atomic E-state index is 10.3. The minimum absolute atomic E-state index is 0.759. The molecule has 0 saturated carbocycles. The molecule has 0 atom stereocenters. The molecule has 0 fully saturated rings. The van der Waals surface area contributed by atoms with Crippen LogP contribution in [0.1, 0.15) is 70.8 Å². The number of nitrogens with zero attached hydrogens (tertiary/aromatic N) is 3. The summed E-state index contributed by atoms with van der Waals surface area (Å²) in [5, 5.41) is 45.7. The maximum Gasteiger partial charge on any atom is 0.336 e. The summed E-state index contributed by atoms with van der Waals surface area (Å²) >= 11 is 0. The minimum Gasteiger partial charge on any atom is -0.496 e. The number of aromatic nitrogens is 3. The quantitative estimate of drug-likeness (QED) is 0.208. The average Bonchev–Trinajstić information content (AvgIpc) is 3.46. The van der Waals surface area contributed by atoms with Crippen LogP contribution in [-0.2, 0) is 46.7 Å². The minimum atomic E-state index is -2.74. The molecule has 1 aliphatic carbocycles. The number of aryl methyl sites for hydroxylation is 3. The predicted octanol–water partition coefficient (Wildman–Crippen LogP) is 2.88. The average molecular weight is 587 g/mol. The number of benzene rings is 1. The molecule has 0 radical (unpaired) electrons. The zero-order chi connectivity index (χ0) is 31.0. The van der Waals surface area contributed by atoms with Crippen molar-refractivity contribution in [3.8, 4) is 5.75 Å². The third kappa shape index (κ3) is 8.40. The predicted molar refractivity (Wildman–Crippen MR) is 149 cm³/mol. The lowest BCUT2D eigenvalue weighted by Crippen LogP contribution is -2.42. The molecule has 2 aromatic heterocycles. The van der Waals surface area contributed by atoms with Crippen LogP contribution < -0.4 is 4.74 Å². The summed E-state index contributed by atoms with van der Waals surface area (Å²) in [5.41, 5.74) is 5.74. The Kier molecular flexibility index (Phi) is 10.8. The number of carboxylic acid groups (broad SMARTS) is 3. The van der Waals surface area contributed by atoms with Gasteiger partial charge in [0.15, 0.2) is 5.60 Å². The van der Waals surface area contributed by atoms with Gasteiger partial charge in [0.05, 0.1) is 31.3 Å². The van der Waals surface area contributed by atoms with Crippen molar-refractivity contribution in [1.82, 2.24) is 20.3 Å². The Hall–Kier alpha value is -4.23. The van der Waals surface area contributed by atoms with Crippen molar-refractivity contribution in [2.24, 2.45) is 0 Å². The van der Waals surface area contributed by atoms with Crippen molar-refractivity contribution >= 4 is 17.9 Å². The van der Waals surface area contributed by atoms with E-state index < -0.39 is 36.4 Å². The molecule has 42 heavy (non-hydrogen) atoms. The second kappa shape index (κ2) is 14.1. The lowest BCUT2D eigenvalue weighted by Gasteiger charge is -2.19. The molecule has 13 heteroatoms. The van der Waals surface area contributed by atoms with E-state index in [4.69, 9.17) is 29.7 Å². The number of aliphatic hydroxyl groups is 1. The highest BCUT2D eigenvalue weighted by Crippen LogP contribution is 2.27. The number of hydrogen-bond donors (Lipinski definition) is 5. The maximum absolute atomic E-state index is 10.3. The van der Waals surface area contributed by atoms with Gasteiger partial charge >= 0.3 is 17.9 Å². The highest BCUT2D eigenvalue weighted by Gasteiger charge is 2.40. The number of aliphatic carboxylic acids is 3. The molecular formula is C29H38N4O9. The summed E-state index contributed by atoms with van der Waals surface area (Å²) < 4.78 is 10.9. The number of fused-ring (bicyclic) bond motifs is 1. The van der Waals surface area contributed by atoms with Crippen molar-refractivity contribution in [1.29, 1.82) is 0 Å². The van der Waals surface area contributed by atoms with Crippen LogP contribution in [0.2, 0.25) is 0 Å². The molecule has 228 valence electrons. The Bertz CT molecular complexity index is 1380.